The Kier molecular flexibility index (Phi) is 2.52. The minimum atomic E-state index is 0.517. The van der Waals surface area contributed by atoms with E-state index in [-0.39, 0.29) is 0 Å². The number of H-pyrrole nitrogens is 1. The van der Waals surface area contributed by atoms with Crippen molar-refractivity contribution in [3.63, 3.8) is 0 Å². The number of aromatic amines is 1. The molecule has 1 aromatic heterocycles. The maximum absolute atomic E-state index is 5.57. The van der Waals surface area contributed by atoms with E-state index in [9.17, 15) is 0 Å². The molecule has 2 aromatic rings. The lowest BCUT2D eigenvalue weighted by Crippen LogP contribution is -1.85. The Labute approximate surface area is 96.8 Å². The normalized spacial score (nSPS) is 10.6. The van der Waals surface area contributed by atoms with Gasteiger partial charge in [0.25, 0.3) is 0 Å². The minimum absolute atomic E-state index is 0.517. The van der Waals surface area contributed by atoms with Crippen molar-refractivity contribution in [2.24, 2.45) is 0 Å². The number of anilines is 1. The molecule has 0 saturated carbocycles. The third kappa shape index (κ3) is 1.90. The summed E-state index contributed by atoms with van der Waals surface area (Å²) >= 11 is 3.54. The molecular formula is C11H12BrN3. The largest absolute Gasteiger partial charge is 0.382 e. The first-order valence-corrected chi connectivity index (χ1v) is 5.45. The molecule has 0 aliphatic rings. The van der Waals surface area contributed by atoms with Gasteiger partial charge < -0.3 is 5.73 Å². The molecule has 0 saturated heterocycles. The average Bonchev–Trinajstić information content (AvgIpc) is 2.60. The number of nitrogens with two attached hydrogens (primary N) is 1. The fourth-order valence-electron chi connectivity index (χ4n) is 1.59. The molecule has 1 heterocycles. The molecule has 0 spiro atoms. The minimum Gasteiger partial charge on any atom is -0.382 e. The quantitative estimate of drug-likeness (QED) is 0.833. The van der Waals surface area contributed by atoms with Gasteiger partial charge in [0.05, 0.1) is 5.69 Å². The van der Waals surface area contributed by atoms with Gasteiger partial charge in [-0.15, -0.1) is 0 Å². The summed E-state index contributed by atoms with van der Waals surface area (Å²) < 4.78 is 1.15. The summed E-state index contributed by atoms with van der Waals surface area (Å²) in [6, 6.07) is 6.04. The van der Waals surface area contributed by atoms with E-state index in [0.717, 1.165) is 15.7 Å². The zero-order valence-corrected chi connectivity index (χ0v) is 10.2. The van der Waals surface area contributed by atoms with Gasteiger partial charge in [-0.2, -0.15) is 5.10 Å². The van der Waals surface area contributed by atoms with Crippen LogP contribution in [0.3, 0.4) is 0 Å². The number of hydrogen-bond donors (Lipinski definition) is 2. The van der Waals surface area contributed by atoms with Crippen LogP contribution in [0, 0.1) is 13.8 Å². The second kappa shape index (κ2) is 3.70. The maximum Gasteiger partial charge on any atom is 0.145 e. The van der Waals surface area contributed by atoms with E-state index < -0.39 is 0 Å². The highest BCUT2D eigenvalue weighted by Crippen LogP contribution is 2.27. The number of aryl methyl sites for hydroxylation is 2. The fourth-order valence-corrected chi connectivity index (χ4v) is 1.82. The van der Waals surface area contributed by atoms with E-state index >= 15 is 0 Å². The van der Waals surface area contributed by atoms with Gasteiger partial charge in [-0.05, 0) is 37.1 Å². The molecular weight excluding hydrogens is 254 g/mol. The molecule has 4 heteroatoms. The van der Waals surface area contributed by atoms with Crippen molar-refractivity contribution in [2.45, 2.75) is 13.8 Å². The van der Waals surface area contributed by atoms with Gasteiger partial charge in [0.1, 0.15) is 5.82 Å². The molecule has 1 aromatic carbocycles. The number of nitrogens with zero attached hydrogens (tertiary/aromatic N) is 1. The number of rotatable bonds is 1. The zero-order valence-electron chi connectivity index (χ0n) is 8.63. The highest BCUT2D eigenvalue weighted by molar-refractivity contribution is 9.10. The van der Waals surface area contributed by atoms with Crippen molar-refractivity contribution in [1.29, 1.82) is 0 Å². The summed E-state index contributed by atoms with van der Waals surface area (Å²) in [5, 5.41) is 6.82. The number of hydrogen-bond acceptors (Lipinski definition) is 2. The van der Waals surface area contributed by atoms with Crippen LogP contribution in [0.2, 0.25) is 0 Å². The second-order valence-corrected chi connectivity index (χ2v) is 4.42. The topological polar surface area (TPSA) is 54.7 Å². The average molecular weight is 266 g/mol. The Hall–Kier alpha value is -1.29. The summed E-state index contributed by atoms with van der Waals surface area (Å²) in [4.78, 5) is 0. The van der Waals surface area contributed by atoms with Crippen LogP contribution in [0.1, 0.15) is 11.1 Å². The van der Waals surface area contributed by atoms with E-state index in [1.54, 1.807) is 0 Å². The van der Waals surface area contributed by atoms with E-state index in [2.05, 4.69) is 52.1 Å². The molecule has 0 aliphatic heterocycles. The number of halogens is 1. The molecule has 0 radical (unpaired) electrons. The van der Waals surface area contributed by atoms with Crippen LogP contribution >= 0.6 is 15.9 Å². The predicted molar refractivity (Wildman–Crippen MR) is 65.6 cm³/mol. The van der Waals surface area contributed by atoms with Crippen LogP contribution in [-0.2, 0) is 0 Å². The second-order valence-electron chi connectivity index (χ2n) is 3.63. The third-order valence-electron chi connectivity index (χ3n) is 2.35. The first kappa shape index (κ1) is 10.2. The lowest BCUT2D eigenvalue weighted by Gasteiger charge is -2.05. The lowest BCUT2D eigenvalue weighted by atomic mass is 10.1. The number of aromatic nitrogens is 2. The first-order valence-electron chi connectivity index (χ1n) is 4.66. The van der Waals surface area contributed by atoms with Crippen molar-refractivity contribution in [1.82, 2.24) is 10.2 Å². The summed E-state index contributed by atoms with van der Waals surface area (Å²) in [5.41, 5.74) is 10.0. The SMILES string of the molecule is Cc1cc(-c2cc(N)n[nH]2)cc(C)c1Br. The van der Waals surface area contributed by atoms with Crippen LogP contribution in [0.5, 0.6) is 0 Å². The van der Waals surface area contributed by atoms with Crippen molar-refractivity contribution >= 4 is 21.7 Å². The van der Waals surface area contributed by atoms with Crippen molar-refractivity contribution in [2.75, 3.05) is 5.73 Å². The molecule has 2 rings (SSSR count). The van der Waals surface area contributed by atoms with E-state index in [1.807, 2.05) is 6.07 Å². The van der Waals surface area contributed by atoms with Crippen molar-refractivity contribution in [3.8, 4) is 11.3 Å². The van der Waals surface area contributed by atoms with Gasteiger partial charge in [-0.1, -0.05) is 15.9 Å². The molecule has 0 aliphatic carbocycles. The highest BCUT2D eigenvalue weighted by atomic mass is 79.9. The summed E-state index contributed by atoms with van der Waals surface area (Å²) in [5.74, 6) is 0.517. The molecule has 3 nitrogen and oxygen atoms in total. The highest BCUT2D eigenvalue weighted by Gasteiger charge is 2.06. The Morgan fingerprint density at radius 3 is 2.27 bits per heavy atom. The third-order valence-corrected chi connectivity index (χ3v) is 3.60. The Bertz CT molecular complexity index is 479. The molecule has 0 bridgehead atoms. The van der Waals surface area contributed by atoms with Crippen LogP contribution in [0.25, 0.3) is 11.3 Å². The van der Waals surface area contributed by atoms with Crippen LogP contribution in [-0.4, -0.2) is 10.2 Å². The Morgan fingerprint density at radius 1 is 1.20 bits per heavy atom. The Morgan fingerprint density at radius 2 is 1.80 bits per heavy atom. The fraction of sp³-hybridized carbons (Fsp3) is 0.182. The molecule has 3 N–H and O–H groups in total. The first-order chi connectivity index (χ1) is 7.08. The van der Waals surface area contributed by atoms with Gasteiger partial charge in [-0.3, -0.25) is 5.10 Å². The van der Waals surface area contributed by atoms with Gasteiger partial charge in [0, 0.05) is 16.1 Å². The molecule has 0 fully saturated rings. The standard InChI is InChI=1S/C11H12BrN3/c1-6-3-8(4-7(2)11(6)12)9-5-10(13)15-14-9/h3-5H,1-2H3,(H3,13,14,15). The van der Waals surface area contributed by atoms with Gasteiger partial charge >= 0.3 is 0 Å². The molecule has 0 atom stereocenters. The summed E-state index contributed by atoms with van der Waals surface area (Å²) in [6.45, 7) is 4.14. The number of nitrogens with one attached hydrogen (secondary N) is 1. The maximum atomic E-state index is 5.57. The summed E-state index contributed by atoms with van der Waals surface area (Å²) in [7, 11) is 0. The van der Waals surface area contributed by atoms with E-state index in [4.69, 9.17) is 5.73 Å². The summed E-state index contributed by atoms with van der Waals surface area (Å²) in [6.07, 6.45) is 0. The van der Waals surface area contributed by atoms with Crippen LogP contribution in [0.15, 0.2) is 22.7 Å². The monoisotopic (exact) mass is 265 g/mol. The predicted octanol–water partition coefficient (Wildman–Crippen LogP) is 3.04. The molecule has 0 unspecified atom stereocenters. The number of benzene rings is 1. The molecule has 78 valence electrons. The van der Waals surface area contributed by atoms with Gasteiger partial charge in [-0.25, -0.2) is 0 Å². The lowest BCUT2D eigenvalue weighted by molar-refractivity contribution is 1.10. The van der Waals surface area contributed by atoms with E-state index in [1.165, 1.54) is 11.1 Å². The molecule has 0 amide bonds. The Balaban J connectivity index is 2.55. The van der Waals surface area contributed by atoms with Crippen LogP contribution < -0.4 is 5.73 Å². The molecule has 15 heavy (non-hydrogen) atoms. The van der Waals surface area contributed by atoms with Gasteiger partial charge in [0.15, 0.2) is 0 Å². The number of nitrogen functional groups attached to an aromatic ring is 1. The van der Waals surface area contributed by atoms with Gasteiger partial charge in [0.2, 0.25) is 0 Å². The van der Waals surface area contributed by atoms with Crippen molar-refractivity contribution < 1.29 is 0 Å². The zero-order chi connectivity index (χ0) is 11.0. The van der Waals surface area contributed by atoms with E-state index in [0.29, 0.717) is 5.82 Å². The van der Waals surface area contributed by atoms with Crippen LogP contribution in [0.4, 0.5) is 5.82 Å². The van der Waals surface area contributed by atoms with Crippen molar-refractivity contribution in [3.05, 3.63) is 33.8 Å². The smallest absolute Gasteiger partial charge is 0.145 e.